The summed E-state index contributed by atoms with van der Waals surface area (Å²) in [5.41, 5.74) is 4.50. The van der Waals surface area contributed by atoms with Gasteiger partial charge in [-0.05, 0) is 40.8 Å². The number of hydrogen-bond acceptors (Lipinski definition) is 9. The highest BCUT2D eigenvalue weighted by atomic mass is 32.2. The van der Waals surface area contributed by atoms with E-state index in [0.29, 0.717) is 17.0 Å². The van der Waals surface area contributed by atoms with E-state index < -0.39 is 16.2 Å². The second-order valence-electron chi connectivity index (χ2n) is 7.11. The molecule has 1 aliphatic rings. The maximum absolute atomic E-state index is 12.8. The number of nitro benzene ring substituents is 1. The summed E-state index contributed by atoms with van der Waals surface area (Å²) < 4.78 is 6.85. The van der Waals surface area contributed by atoms with E-state index in [2.05, 4.69) is 21.0 Å². The number of hydrazine groups is 1. The number of fused-ring (bicyclic) bond motifs is 3. The molecule has 0 spiro atoms. The number of thioether (sulfide) groups is 1. The quantitative estimate of drug-likeness (QED) is 0.346. The minimum absolute atomic E-state index is 0.133. The van der Waals surface area contributed by atoms with Crippen LogP contribution in [-0.2, 0) is 4.79 Å². The lowest BCUT2D eigenvalue weighted by atomic mass is 10.1. The van der Waals surface area contributed by atoms with E-state index in [1.807, 2.05) is 24.3 Å². The molecule has 1 unspecified atom stereocenters. The highest BCUT2D eigenvalue weighted by Gasteiger charge is 2.36. The van der Waals surface area contributed by atoms with Gasteiger partial charge in [0, 0.05) is 34.7 Å². The van der Waals surface area contributed by atoms with Crippen LogP contribution in [-0.4, -0.2) is 54.7 Å². The Morgan fingerprint density at radius 2 is 2.03 bits per heavy atom. The first-order chi connectivity index (χ1) is 16.0. The van der Waals surface area contributed by atoms with Crippen LogP contribution < -0.4 is 10.2 Å². The Hall–Kier alpha value is -4.26. The zero-order chi connectivity index (χ0) is 23.1. The Balaban J connectivity index is 1.50. The molecule has 13 heteroatoms. The number of nitrogens with zero attached hydrogens (tertiary/aromatic N) is 6. The van der Waals surface area contributed by atoms with Crippen LogP contribution in [0.25, 0.3) is 16.6 Å². The molecule has 1 N–H and O–H groups in total. The normalized spacial score (nSPS) is 15.8. The van der Waals surface area contributed by atoms with Crippen molar-refractivity contribution in [3.8, 4) is 5.75 Å². The number of nitro groups is 1. The Labute approximate surface area is 189 Å². The van der Waals surface area contributed by atoms with E-state index in [1.165, 1.54) is 41.0 Å². The third-order valence-electron chi connectivity index (χ3n) is 5.20. The molecule has 5 rings (SSSR count). The molecule has 0 bridgehead atoms. The number of aromatic nitrogens is 4. The molecule has 33 heavy (non-hydrogen) atoms. The fraction of sp³-hybridized carbons (Fsp3) is 0.150. The van der Waals surface area contributed by atoms with E-state index in [9.17, 15) is 19.7 Å². The molecule has 1 aliphatic heterocycles. The number of rotatable bonds is 5. The summed E-state index contributed by atoms with van der Waals surface area (Å²) in [7, 11) is 1.57. The molecule has 0 aliphatic carbocycles. The topological polar surface area (TPSA) is 145 Å². The van der Waals surface area contributed by atoms with E-state index in [4.69, 9.17) is 4.74 Å². The van der Waals surface area contributed by atoms with Crippen LogP contribution in [0.15, 0.2) is 48.5 Å². The lowest BCUT2D eigenvalue weighted by molar-refractivity contribution is -0.384. The number of non-ortho nitro benzene ring substituents is 1. The van der Waals surface area contributed by atoms with Crippen molar-refractivity contribution in [1.29, 1.82) is 0 Å². The highest BCUT2D eigenvalue weighted by molar-refractivity contribution is 8.00. The van der Waals surface area contributed by atoms with E-state index in [1.54, 1.807) is 11.6 Å². The number of tetrazole rings is 1. The summed E-state index contributed by atoms with van der Waals surface area (Å²) in [5, 5.41) is 24.3. The summed E-state index contributed by atoms with van der Waals surface area (Å²) in [6.07, 6.45) is 0. The lowest BCUT2D eigenvalue weighted by Gasteiger charge is -2.25. The Morgan fingerprint density at radius 1 is 1.24 bits per heavy atom. The van der Waals surface area contributed by atoms with Crippen molar-refractivity contribution >= 4 is 45.8 Å². The Morgan fingerprint density at radius 3 is 2.76 bits per heavy atom. The first-order valence-corrected chi connectivity index (χ1v) is 10.7. The number of carbonyl (C=O) groups is 2. The molecule has 0 saturated carbocycles. The first-order valence-electron chi connectivity index (χ1n) is 9.64. The van der Waals surface area contributed by atoms with Gasteiger partial charge in [0.25, 0.3) is 17.5 Å². The summed E-state index contributed by atoms with van der Waals surface area (Å²) in [6, 6.07) is 12.5. The second-order valence-corrected chi connectivity index (χ2v) is 8.18. The fourth-order valence-electron chi connectivity index (χ4n) is 3.58. The van der Waals surface area contributed by atoms with Gasteiger partial charge in [-0.25, -0.2) is 5.01 Å². The molecule has 12 nitrogen and oxygen atoms in total. The number of ether oxygens (including phenoxy) is 1. The number of hydrogen-bond donors (Lipinski definition) is 1. The molecule has 1 fully saturated rings. The number of carbonyl (C=O) groups excluding carboxylic acids is 2. The van der Waals surface area contributed by atoms with Crippen molar-refractivity contribution < 1.29 is 19.2 Å². The van der Waals surface area contributed by atoms with Crippen LogP contribution in [0.3, 0.4) is 0 Å². The molecule has 2 amide bonds. The van der Waals surface area contributed by atoms with Crippen molar-refractivity contribution in [1.82, 2.24) is 30.5 Å². The number of methoxy groups -OCH3 is 1. The molecule has 1 atom stereocenters. The molecule has 2 aromatic heterocycles. The van der Waals surface area contributed by atoms with Crippen LogP contribution in [0.1, 0.15) is 21.3 Å². The largest absolute Gasteiger partial charge is 0.497 e. The van der Waals surface area contributed by atoms with E-state index in [0.717, 1.165) is 10.9 Å². The fourth-order valence-corrected chi connectivity index (χ4v) is 4.69. The average Bonchev–Trinajstić information content (AvgIpc) is 3.46. The van der Waals surface area contributed by atoms with Crippen molar-refractivity contribution in [2.24, 2.45) is 0 Å². The van der Waals surface area contributed by atoms with Crippen molar-refractivity contribution in [2.45, 2.75) is 5.37 Å². The van der Waals surface area contributed by atoms with Crippen molar-refractivity contribution in [3.63, 3.8) is 0 Å². The summed E-state index contributed by atoms with van der Waals surface area (Å²) in [6.45, 7) is 0. The number of pyridine rings is 1. The number of benzene rings is 2. The van der Waals surface area contributed by atoms with Crippen LogP contribution >= 0.6 is 11.8 Å². The van der Waals surface area contributed by atoms with Crippen LogP contribution in [0, 0.1) is 10.1 Å². The molecule has 166 valence electrons. The van der Waals surface area contributed by atoms with Gasteiger partial charge in [-0.1, -0.05) is 0 Å². The predicted molar refractivity (Wildman–Crippen MR) is 117 cm³/mol. The number of nitrogens with one attached hydrogen (secondary N) is 1. The molecule has 0 radical (unpaired) electrons. The molecule has 1 saturated heterocycles. The van der Waals surface area contributed by atoms with Gasteiger partial charge in [0.2, 0.25) is 0 Å². The smallest absolute Gasteiger partial charge is 0.269 e. The Kier molecular flexibility index (Phi) is 5.01. The minimum atomic E-state index is -0.570. The van der Waals surface area contributed by atoms with Gasteiger partial charge in [-0.2, -0.15) is 4.52 Å². The van der Waals surface area contributed by atoms with E-state index >= 15 is 0 Å². The van der Waals surface area contributed by atoms with Gasteiger partial charge in [-0.3, -0.25) is 25.1 Å². The standard InChI is InChI=1S/C20H15N7O5S/c1-32-14-7-4-12-8-15(18-21-23-24-25(18)16(12)9-14)20-26(17(28)10-33-20)22-19(29)11-2-5-13(6-3-11)27(30)31/h2-9,20H,10H2,1H3,(H,22,29). The zero-order valence-corrected chi connectivity index (χ0v) is 17.9. The van der Waals surface area contributed by atoms with Gasteiger partial charge < -0.3 is 4.74 Å². The second kappa shape index (κ2) is 8.02. The summed E-state index contributed by atoms with van der Waals surface area (Å²) in [4.78, 5) is 35.7. The summed E-state index contributed by atoms with van der Waals surface area (Å²) >= 11 is 1.33. The molecule has 4 aromatic rings. The molecular formula is C20H15N7O5S. The Bertz CT molecular complexity index is 1420. The molecule has 2 aromatic carbocycles. The zero-order valence-electron chi connectivity index (χ0n) is 17.0. The first kappa shape index (κ1) is 20.6. The maximum atomic E-state index is 12.8. The predicted octanol–water partition coefficient (Wildman–Crippen LogP) is 2.11. The van der Waals surface area contributed by atoms with Crippen LogP contribution in [0.2, 0.25) is 0 Å². The van der Waals surface area contributed by atoms with Gasteiger partial charge >= 0.3 is 0 Å². The van der Waals surface area contributed by atoms with Crippen molar-refractivity contribution in [3.05, 3.63) is 69.8 Å². The highest BCUT2D eigenvalue weighted by Crippen LogP contribution is 2.40. The van der Waals surface area contributed by atoms with Crippen LogP contribution in [0.5, 0.6) is 5.75 Å². The van der Waals surface area contributed by atoms with E-state index in [-0.39, 0.29) is 22.9 Å². The number of amides is 2. The van der Waals surface area contributed by atoms with Gasteiger partial charge in [0.05, 0.1) is 23.3 Å². The third-order valence-corrected chi connectivity index (χ3v) is 6.39. The average molecular weight is 465 g/mol. The summed E-state index contributed by atoms with van der Waals surface area (Å²) in [5.74, 6) is -0.0541. The maximum Gasteiger partial charge on any atom is 0.269 e. The third kappa shape index (κ3) is 3.57. The van der Waals surface area contributed by atoms with Gasteiger partial charge in [0.15, 0.2) is 5.65 Å². The van der Waals surface area contributed by atoms with Gasteiger partial charge in [0.1, 0.15) is 11.1 Å². The van der Waals surface area contributed by atoms with Gasteiger partial charge in [-0.15, -0.1) is 16.9 Å². The SMILES string of the molecule is COc1ccc2cc(C3SCC(=O)N3NC(=O)c3ccc([N+](=O)[O-])cc3)c3nnnn3c2c1. The van der Waals surface area contributed by atoms with Crippen molar-refractivity contribution in [2.75, 3.05) is 12.9 Å². The molecular weight excluding hydrogens is 450 g/mol. The monoisotopic (exact) mass is 465 g/mol. The minimum Gasteiger partial charge on any atom is -0.497 e. The lowest BCUT2D eigenvalue weighted by Crippen LogP contribution is -2.44. The van der Waals surface area contributed by atoms with Crippen LogP contribution in [0.4, 0.5) is 5.69 Å². The molecule has 3 heterocycles.